The number of rotatable bonds is 1. The van der Waals surface area contributed by atoms with Crippen molar-refractivity contribution in [2.24, 2.45) is 0 Å². The van der Waals surface area contributed by atoms with Gasteiger partial charge >= 0.3 is 18.9 Å². The van der Waals surface area contributed by atoms with Crippen LogP contribution in [0.3, 0.4) is 0 Å². The summed E-state index contributed by atoms with van der Waals surface area (Å²) in [5.41, 5.74) is 0.102. The van der Waals surface area contributed by atoms with Crippen molar-refractivity contribution in [2.45, 2.75) is 0 Å². The molecule has 2 aromatic heterocycles. The van der Waals surface area contributed by atoms with Crippen LogP contribution in [0.4, 0.5) is 0 Å². The molecule has 0 fully saturated rings. The van der Waals surface area contributed by atoms with Crippen LogP contribution in [0.1, 0.15) is 16.2 Å². The minimum absolute atomic E-state index is 0. The van der Waals surface area contributed by atoms with E-state index in [-0.39, 0.29) is 36.0 Å². The van der Waals surface area contributed by atoms with Gasteiger partial charge in [-0.25, -0.2) is 9.97 Å². The molecule has 68 valence electrons. The average Bonchev–Trinajstić information content (AvgIpc) is 2.59. The van der Waals surface area contributed by atoms with Crippen molar-refractivity contribution < 1.29 is 28.8 Å². The summed E-state index contributed by atoms with van der Waals surface area (Å²) in [6, 6.07) is 3.23. The van der Waals surface area contributed by atoms with Gasteiger partial charge in [0.25, 0.3) is 0 Å². The molecule has 15 heavy (non-hydrogen) atoms. The maximum atomic E-state index is 10.6. The minimum atomic E-state index is -1.33. The van der Waals surface area contributed by atoms with E-state index in [4.69, 9.17) is 5.26 Å². The van der Waals surface area contributed by atoms with Crippen LogP contribution in [0.2, 0.25) is 0 Å². The molecule has 0 unspecified atom stereocenters. The number of hydrogen-bond donors (Lipinski definition) is 0. The quantitative estimate of drug-likeness (QED) is 0.431. The number of aromatic carboxylic acids is 1. The van der Waals surface area contributed by atoms with Gasteiger partial charge in [0.05, 0.1) is 17.9 Å². The largest absolute Gasteiger partial charge is 1.00 e. The monoisotopic (exact) mass is 194 g/mol. The van der Waals surface area contributed by atoms with E-state index in [9.17, 15) is 9.90 Å². The first kappa shape index (κ1) is 11.3. The van der Waals surface area contributed by atoms with Gasteiger partial charge < -0.3 is 9.90 Å². The number of fused-ring (bicyclic) bond motifs is 1. The normalized spacial score (nSPS) is 9.27. The third kappa shape index (κ3) is 1.84. The number of imidazole rings is 1. The molecule has 2 rings (SSSR count). The Labute approximate surface area is 96.4 Å². The van der Waals surface area contributed by atoms with E-state index in [1.54, 1.807) is 0 Å². The molecule has 0 saturated heterocycles. The smallest absolute Gasteiger partial charge is 0.543 e. The first-order valence-electron chi connectivity index (χ1n) is 3.68. The molecule has 0 aliphatic rings. The number of aromatic nitrogens is 3. The van der Waals surface area contributed by atoms with Crippen molar-refractivity contribution >= 4 is 11.7 Å². The van der Waals surface area contributed by atoms with Gasteiger partial charge in [0.15, 0.2) is 0 Å². The molecule has 0 atom stereocenters. The van der Waals surface area contributed by atoms with Gasteiger partial charge in [0.2, 0.25) is 5.78 Å². The first-order chi connectivity index (χ1) is 6.72. The van der Waals surface area contributed by atoms with Crippen LogP contribution >= 0.6 is 0 Å². The summed E-state index contributed by atoms with van der Waals surface area (Å²) in [5, 5.41) is 19.1. The Kier molecular flexibility index (Phi) is 3.10. The summed E-state index contributed by atoms with van der Waals surface area (Å²) in [6.45, 7) is 0. The fraction of sp³-hybridized carbons (Fsp3) is 0. The zero-order valence-electron chi connectivity index (χ0n) is 7.84. The van der Waals surface area contributed by atoms with Gasteiger partial charge in [-0.15, -0.1) is 0 Å². The molecule has 0 radical (unpaired) electrons. The number of carbonyl (C=O) groups is 1. The first-order valence-corrected chi connectivity index (χ1v) is 3.68. The Morgan fingerprint density at radius 3 is 2.93 bits per heavy atom. The van der Waals surface area contributed by atoms with Gasteiger partial charge in [-0.3, -0.25) is 4.40 Å². The molecule has 0 aliphatic heterocycles. The van der Waals surface area contributed by atoms with E-state index in [0.717, 1.165) is 6.20 Å². The van der Waals surface area contributed by atoms with Crippen molar-refractivity contribution in [1.29, 1.82) is 5.26 Å². The molecule has 2 aromatic rings. The van der Waals surface area contributed by atoms with Gasteiger partial charge in [0, 0.05) is 6.20 Å². The van der Waals surface area contributed by atoms with Crippen molar-refractivity contribution in [2.75, 3.05) is 0 Å². The molecule has 7 heteroatoms. The maximum absolute atomic E-state index is 10.6. The second-order valence-corrected chi connectivity index (χ2v) is 2.53. The summed E-state index contributed by atoms with van der Waals surface area (Å²) in [7, 11) is 0. The molecule has 6 nitrogen and oxygen atoms in total. The zero-order chi connectivity index (χ0) is 10.1. The fourth-order valence-corrected chi connectivity index (χ4v) is 1.08. The number of carbonyl (C=O) groups excluding carboxylic acids is 1. The molecule has 0 spiro atoms. The fourth-order valence-electron chi connectivity index (χ4n) is 1.08. The number of hydrogen-bond acceptors (Lipinski definition) is 5. The van der Waals surface area contributed by atoms with Crippen LogP contribution in [0.5, 0.6) is 0 Å². The van der Waals surface area contributed by atoms with Crippen LogP contribution in [0, 0.1) is 11.3 Å². The standard InChI is InChI=1S/C8H4N4O2.Li/c9-3-5-1-2-12-6(7(13)14)4-10-8(12)11-5;/h1-2,4H,(H,13,14);/q;+1/p-1. The molecular formula is C8H3LiN4O2. The second kappa shape index (κ2) is 4.14. The van der Waals surface area contributed by atoms with E-state index in [1.165, 1.54) is 16.7 Å². The van der Waals surface area contributed by atoms with E-state index < -0.39 is 5.97 Å². The van der Waals surface area contributed by atoms with Crippen LogP contribution < -0.4 is 24.0 Å². The van der Waals surface area contributed by atoms with Crippen molar-refractivity contribution in [3.8, 4) is 6.07 Å². The van der Waals surface area contributed by atoms with Crippen molar-refractivity contribution in [1.82, 2.24) is 14.4 Å². The molecule has 0 amide bonds. The molecule has 0 bridgehead atoms. The van der Waals surface area contributed by atoms with E-state index in [1.807, 2.05) is 6.07 Å². The Bertz CT molecular complexity index is 557. The van der Waals surface area contributed by atoms with Crippen LogP contribution in [-0.2, 0) is 0 Å². The minimum Gasteiger partial charge on any atom is -0.543 e. The van der Waals surface area contributed by atoms with E-state index in [2.05, 4.69) is 9.97 Å². The Morgan fingerprint density at radius 1 is 1.60 bits per heavy atom. The molecule has 0 saturated carbocycles. The van der Waals surface area contributed by atoms with E-state index in [0.29, 0.717) is 0 Å². The van der Waals surface area contributed by atoms with Crippen LogP contribution in [0.25, 0.3) is 5.78 Å². The maximum Gasteiger partial charge on any atom is 1.00 e. The van der Waals surface area contributed by atoms with Gasteiger partial charge in [-0.2, -0.15) is 5.26 Å². The topological polar surface area (TPSA) is 94.1 Å². The number of nitriles is 1. The molecule has 2 heterocycles. The number of nitrogens with zero attached hydrogens (tertiary/aromatic N) is 4. The summed E-state index contributed by atoms with van der Waals surface area (Å²) < 4.78 is 1.25. The number of carboxylic acids is 1. The predicted molar refractivity (Wildman–Crippen MR) is 42.0 cm³/mol. The van der Waals surface area contributed by atoms with Gasteiger partial charge in [-0.1, -0.05) is 0 Å². The Balaban J connectivity index is 0.00000112. The summed E-state index contributed by atoms with van der Waals surface area (Å²) in [4.78, 5) is 18.1. The molecular weight excluding hydrogens is 191 g/mol. The predicted octanol–water partition coefficient (Wildman–Crippen LogP) is -4.03. The Morgan fingerprint density at radius 2 is 2.33 bits per heavy atom. The summed E-state index contributed by atoms with van der Waals surface area (Å²) in [6.07, 6.45) is 2.55. The SMILES string of the molecule is N#Cc1ccn2c(C(=O)[O-])cnc2n1.[Li+]. The molecule has 0 aliphatic carbocycles. The zero-order valence-corrected chi connectivity index (χ0v) is 7.84. The van der Waals surface area contributed by atoms with E-state index >= 15 is 0 Å². The van der Waals surface area contributed by atoms with Gasteiger partial charge in [-0.05, 0) is 6.07 Å². The number of carboxylic acid groups (broad SMARTS) is 1. The van der Waals surface area contributed by atoms with Crippen LogP contribution in [0.15, 0.2) is 18.5 Å². The van der Waals surface area contributed by atoms with Crippen LogP contribution in [-0.4, -0.2) is 20.3 Å². The summed E-state index contributed by atoms with van der Waals surface area (Å²) in [5.74, 6) is -1.16. The Hall–Kier alpha value is -1.82. The van der Waals surface area contributed by atoms with Gasteiger partial charge in [0.1, 0.15) is 11.8 Å². The second-order valence-electron chi connectivity index (χ2n) is 2.53. The summed E-state index contributed by atoms with van der Waals surface area (Å²) >= 11 is 0. The molecule has 0 aromatic carbocycles. The third-order valence-corrected chi connectivity index (χ3v) is 1.70. The third-order valence-electron chi connectivity index (χ3n) is 1.70. The molecule has 0 N–H and O–H groups in total. The average molecular weight is 194 g/mol. The van der Waals surface area contributed by atoms with Crippen molar-refractivity contribution in [3.63, 3.8) is 0 Å². The van der Waals surface area contributed by atoms with Crippen molar-refractivity contribution in [3.05, 3.63) is 29.8 Å².